The monoisotopic (exact) mass is 396 g/mol. The molecule has 0 aromatic heterocycles. The fourth-order valence-corrected chi connectivity index (χ4v) is 2.51. The predicted molar refractivity (Wildman–Crippen MR) is 101 cm³/mol. The van der Waals surface area contributed by atoms with Gasteiger partial charge in [-0.05, 0) is 30.7 Å². The number of hydrogen-bond acceptors (Lipinski definition) is 5. The maximum Gasteiger partial charge on any atom is 0.342 e. The summed E-state index contributed by atoms with van der Waals surface area (Å²) in [5.41, 5.74) is 6.91. The predicted octanol–water partition coefficient (Wildman–Crippen LogP) is 3.62. The molecular weight excluding hydrogens is 379 g/mol. The number of ether oxygens (including phenoxy) is 2. The minimum atomic E-state index is -0.738. The molecule has 6 nitrogen and oxygen atoms in total. The highest BCUT2D eigenvalue weighted by Crippen LogP contribution is 2.29. The van der Waals surface area contributed by atoms with Crippen molar-refractivity contribution in [2.45, 2.75) is 13.0 Å². The van der Waals surface area contributed by atoms with Crippen LogP contribution in [-0.2, 0) is 9.53 Å². The second-order valence-corrected chi connectivity index (χ2v) is 6.33. The number of nitrogens with one attached hydrogen (secondary N) is 1. The van der Waals surface area contributed by atoms with Crippen molar-refractivity contribution in [1.82, 2.24) is 5.32 Å². The van der Waals surface area contributed by atoms with Crippen LogP contribution in [0.25, 0.3) is 0 Å². The molecule has 0 saturated carbocycles. The van der Waals surface area contributed by atoms with E-state index < -0.39 is 18.5 Å². The third-order valence-corrected chi connectivity index (χ3v) is 4.20. The van der Waals surface area contributed by atoms with E-state index in [0.29, 0.717) is 5.02 Å². The molecular formula is C18H18Cl2N2O4. The SMILES string of the molecule is COc1cc(N)c(Cl)cc1C(=O)OCC(=O)N[C@@H](C)c1ccc(Cl)cc1. The van der Waals surface area contributed by atoms with E-state index >= 15 is 0 Å². The van der Waals surface area contributed by atoms with Crippen LogP contribution in [0.5, 0.6) is 5.75 Å². The third-order valence-electron chi connectivity index (χ3n) is 3.62. The van der Waals surface area contributed by atoms with Gasteiger partial charge in [0, 0.05) is 11.1 Å². The van der Waals surface area contributed by atoms with Gasteiger partial charge >= 0.3 is 5.97 Å². The number of amides is 1. The largest absolute Gasteiger partial charge is 0.496 e. The van der Waals surface area contributed by atoms with Gasteiger partial charge in [0.1, 0.15) is 11.3 Å². The van der Waals surface area contributed by atoms with Crippen molar-refractivity contribution in [3.05, 3.63) is 57.6 Å². The van der Waals surface area contributed by atoms with E-state index in [-0.39, 0.29) is 28.1 Å². The van der Waals surface area contributed by atoms with Crippen LogP contribution < -0.4 is 15.8 Å². The van der Waals surface area contributed by atoms with Crippen LogP contribution in [-0.4, -0.2) is 25.6 Å². The lowest BCUT2D eigenvalue weighted by molar-refractivity contribution is -0.124. The van der Waals surface area contributed by atoms with Crippen LogP contribution in [0.15, 0.2) is 36.4 Å². The fourth-order valence-electron chi connectivity index (χ4n) is 2.22. The van der Waals surface area contributed by atoms with Crippen molar-refractivity contribution in [3.8, 4) is 5.75 Å². The summed E-state index contributed by atoms with van der Waals surface area (Å²) in [6.07, 6.45) is 0. The van der Waals surface area contributed by atoms with Crippen molar-refractivity contribution >= 4 is 40.8 Å². The van der Waals surface area contributed by atoms with Crippen LogP contribution in [0.4, 0.5) is 5.69 Å². The Bertz CT molecular complexity index is 810. The average molecular weight is 397 g/mol. The summed E-state index contributed by atoms with van der Waals surface area (Å²) in [7, 11) is 1.39. The molecule has 0 fully saturated rings. The van der Waals surface area contributed by atoms with Gasteiger partial charge in [0.2, 0.25) is 0 Å². The van der Waals surface area contributed by atoms with Gasteiger partial charge in [0.05, 0.1) is 23.9 Å². The van der Waals surface area contributed by atoms with E-state index in [9.17, 15) is 9.59 Å². The molecule has 0 bridgehead atoms. The van der Waals surface area contributed by atoms with Crippen LogP contribution in [0, 0.1) is 0 Å². The van der Waals surface area contributed by atoms with Crippen molar-refractivity contribution in [2.75, 3.05) is 19.5 Å². The van der Waals surface area contributed by atoms with E-state index in [2.05, 4.69) is 5.32 Å². The molecule has 0 saturated heterocycles. The summed E-state index contributed by atoms with van der Waals surface area (Å²) in [6, 6.07) is 9.57. The fraction of sp³-hybridized carbons (Fsp3) is 0.222. The molecule has 2 aromatic carbocycles. The molecule has 0 radical (unpaired) electrons. The summed E-state index contributed by atoms with van der Waals surface area (Å²) >= 11 is 11.8. The lowest BCUT2D eigenvalue weighted by Crippen LogP contribution is -2.31. The van der Waals surface area contributed by atoms with Crippen LogP contribution in [0.1, 0.15) is 28.9 Å². The molecule has 1 atom stereocenters. The molecule has 0 unspecified atom stereocenters. The maximum absolute atomic E-state index is 12.2. The Balaban J connectivity index is 1.95. The first-order chi connectivity index (χ1) is 12.3. The Kier molecular flexibility index (Phi) is 6.71. The summed E-state index contributed by atoms with van der Waals surface area (Å²) in [5, 5.41) is 3.54. The Morgan fingerprint density at radius 3 is 2.46 bits per heavy atom. The molecule has 0 heterocycles. The zero-order chi connectivity index (χ0) is 19.3. The molecule has 138 valence electrons. The number of halogens is 2. The zero-order valence-electron chi connectivity index (χ0n) is 14.2. The molecule has 26 heavy (non-hydrogen) atoms. The normalized spacial score (nSPS) is 11.5. The molecule has 2 rings (SSSR count). The molecule has 1 amide bonds. The summed E-state index contributed by atoms with van der Waals surface area (Å²) in [6.45, 7) is 1.37. The minimum Gasteiger partial charge on any atom is -0.496 e. The number of nitrogen functional groups attached to an aromatic ring is 1. The lowest BCUT2D eigenvalue weighted by atomic mass is 10.1. The number of anilines is 1. The molecule has 3 N–H and O–H groups in total. The standard InChI is InChI=1S/C18H18Cl2N2O4/c1-10(11-3-5-12(19)6-4-11)22-17(23)9-26-18(24)13-7-14(20)15(21)8-16(13)25-2/h3-8,10H,9,21H2,1-2H3,(H,22,23)/t10-/m0/s1. The zero-order valence-corrected chi connectivity index (χ0v) is 15.7. The summed E-state index contributed by atoms with van der Waals surface area (Å²) < 4.78 is 10.1. The number of carbonyl (C=O) groups excluding carboxylic acids is 2. The first kappa shape index (κ1) is 19.9. The maximum atomic E-state index is 12.2. The van der Waals surface area contributed by atoms with Crippen molar-refractivity contribution in [3.63, 3.8) is 0 Å². The minimum absolute atomic E-state index is 0.0882. The number of rotatable bonds is 6. The quantitative estimate of drug-likeness (QED) is 0.574. The number of hydrogen-bond donors (Lipinski definition) is 2. The van der Waals surface area contributed by atoms with Gasteiger partial charge in [-0.25, -0.2) is 4.79 Å². The molecule has 0 aliphatic carbocycles. The van der Waals surface area contributed by atoms with Crippen LogP contribution in [0.3, 0.4) is 0 Å². The highest BCUT2D eigenvalue weighted by molar-refractivity contribution is 6.33. The van der Waals surface area contributed by atoms with Gasteiger partial charge in [0.15, 0.2) is 6.61 Å². The van der Waals surface area contributed by atoms with Crippen molar-refractivity contribution < 1.29 is 19.1 Å². The summed E-state index contributed by atoms with van der Waals surface area (Å²) in [4.78, 5) is 24.2. The summed E-state index contributed by atoms with van der Waals surface area (Å²) in [5.74, 6) is -0.966. The Hall–Kier alpha value is -2.44. The number of methoxy groups -OCH3 is 1. The number of carbonyl (C=O) groups is 2. The highest BCUT2D eigenvalue weighted by Gasteiger charge is 2.18. The second kappa shape index (κ2) is 8.78. The molecule has 2 aromatic rings. The molecule has 0 aliphatic heterocycles. The third kappa shape index (κ3) is 5.03. The van der Waals surface area contributed by atoms with Gasteiger partial charge in [-0.15, -0.1) is 0 Å². The van der Waals surface area contributed by atoms with Gasteiger partial charge < -0.3 is 20.5 Å². The van der Waals surface area contributed by atoms with Crippen LogP contribution >= 0.6 is 23.2 Å². The van der Waals surface area contributed by atoms with Crippen LogP contribution in [0.2, 0.25) is 10.0 Å². The molecule has 8 heteroatoms. The average Bonchev–Trinajstić information content (AvgIpc) is 2.62. The highest BCUT2D eigenvalue weighted by atomic mass is 35.5. The van der Waals surface area contributed by atoms with E-state index in [1.165, 1.54) is 19.2 Å². The second-order valence-electron chi connectivity index (χ2n) is 5.49. The first-order valence-electron chi connectivity index (χ1n) is 7.66. The van der Waals surface area contributed by atoms with E-state index in [4.69, 9.17) is 38.4 Å². The lowest BCUT2D eigenvalue weighted by Gasteiger charge is -2.15. The number of benzene rings is 2. The van der Waals surface area contributed by atoms with Gasteiger partial charge in [0.25, 0.3) is 5.91 Å². The number of nitrogens with two attached hydrogens (primary N) is 1. The first-order valence-corrected chi connectivity index (χ1v) is 8.42. The molecule has 0 spiro atoms. The Morgan fingerprint density at radius 2 is 1.85 bits per heavy atom. The van der Waals surface area contributed by atoms with E-state index in [1.807, 2.05) is 6.92 Å². The number of esters is 1. The van der Waals surface area contributed by atoms with Gasteiger partial charge in [-0.3, -0.25) is 4.79 Å². The smallest absolute Gasteiger partial charge is 0.342 e. The van der Waals surface area contributed by atoms with Gasteiger partial charge in [-0.2, -0.15) is 0 Å². The Labute approximate surface area is 161 Å². The topological polar surface area (TPSA) is 90.7 Å². The van der Waals surface area contributed by atoms with Crippen molar-refractivity contribution in [1.29, 1.82) is 0 Å². The Morgan fingerprint density at radius 1 is 1.19 bits per heavy atom. The van der Waals surface area contributed by atoms with Gasteiger partial charge in [-0.1, -0.05) is 35.3 Å². The van der Waals surface area contributed by atoms with E-state index in [1.54, 1.807) is 24.3 Å². The van der Waals surface area contributed by atoms with Crippen molar-refractivity contribution in [2.24, 2.45) is 0 Å². The molecule has 0 aliphatic rings. The van der Waals surface area contributed by atoms with E-state index in [0.717, 1.165) is 5.56 Å².